The molecule has 0 aliphatic carbocycles. The maximum Gasteiger partial charge on any atom is 0.343 e. The molecular formula is C21H22BNO5. The summed E-state index contributed by atoms with van der Waals surface area (Å²) in [5.41, 5.74) is 0.838. The van der Waals surface area contributed by atoms with E-state index in [4.69, 9.17) is 9.47 Å². The van der Waals surface area contributed by atoms with Gasteiger partial charge in [-0.1, -0.05) is 48.1 Å². The van der Waals surface area contributed by atoms with Crippen molar-refractivity contribution < 1.29 is 23.9 Å². The second-order valence-electron chi connectivity index (χ2n) is 6.03. The first-order valence-electron chi connectivity index (χ1n) is 8.80. The molecule has 0 saturated heterocycles. The van der Waals surface area contributed by atoms with Crippen LogP contribution < -0.4 is 0 Å². The predicted octanol–water partition coefficient (Wildman–Crippen LogP) is 3.03. The second kappa shape index (κ2) is 10.7. The molecule has 0 bridgehead atoms. The predicted molar refractivity (Wildman–Crippen MR) is 109 cm³/mol. The Labute approximate surface area is 165 Å². The number of rotatable bonds is 9. The Morgan fingerprint density at radius 3 is 2.11 bits per heavy atom. The summed E-state index contributed by atoms with van der Waals surface area (Å²) in [5.74, 6) is -1.25. The third kappa shape index (κ3) is 6.12. The number of carbonyl (C=O) groups is 2. The number of benzene rings is 2. The van der Waals surface area contributed by atoms with Crippen molar-refractivity contribution in [1.82, 2.24) is 0 Å². The molecule has 0 aliphatic rings. The minimum atomic E-state index is -0.636. The van der Waals surface area contributed by atoms with Crippen LogP contribution in [0, 0.1) is 0 Å². The molecule has 0 saturated carbocycles. The van der Waals surface area contributed by atoms with E-state index in [0.717, 1.165) is 0 Å². The Balaban J connectivity index is 2.08. The van der Waals surface area contributed by atoms with Crippen molar-refractivity contribution in [3.8, 4) is 0 Å². The molecule has 2 aromatic carbocycles. The fourth-order valence-electron chi connectivity index (χ4n) is 2.41. The molecule has 0 amide bonds. The summed E-state index contributed by atoms with van der Waals surface area (Å²) in [7, 11) is 3.19. The van der Waals surface area contributed by atoms with Crippen molar-refractivity contribution in [2.45, 2.75) is 18.3 Å². The zero-order valence-electron chi connectivity index (χ0n) is 15.9. The first-order chi connectivity index (χ1) is 13.5. The van der Waals surface area contributed by atoms with E-state index in [1.54, 1.807) is 56.4 Å². The highest BCUT2D eigenvalue weighted by atomic mass is 16.6. The van der Waals surface area contributed by atoms with Gasteiger partial charge in [0, 0.05) is 18.5 Å². The second-order valence-corrected chi connectivity index (χ2v) is 6.03. The summed E-state index contributed by atoms with van der Waals surface area (Å²) in [4.78, 5) is 29.3. The lowest BCUT2D eigenvalue weighted by molar-refractivity contribution is 0.0281. The average Bonchev–Trinajstić information content (AvgIpc) is 2.73. The van der Waals surface area contributed by atoms with Crippen molar-refractivity contribution in [3.05, 3.63) is 84.1 Å². The molecule has 0 aromatic heterocycles. The van der Waals surface area contributed by atoms with Crippen molar-refractivity contribution in [2.24, 2.45) is 5.16 Å². The zero-order valence-corrected chi connectivity index (χ0v) is 15.9. The van der Waals surface area contributed by atoms with E-state index in [2.05, 4.69) is 16.6 Å². The van der Waals surface area contributed by atoms with Gasteiger partial charge in [0.25, 0.3) is 0 Å². The van der Waals surface area contributed by atoms with E-state index >= 15 is 0 Å². The Kier molecular flexibility index (Phi) is 8.02. The number of hydrogen-bond acceptors (Lipinski definition) is 6. The highest BCUT2D eigenvalue weighted by Crippen LogP contribution is 2.25. The number of hydrogen-bond donors (Lipinski definition) is 0. The molecule has 0 radical (unpaired) electrons. The molecule has 0 heterocycles. The maximum absolute atomic E-state index is 12.4. The van der Waals surface area contributed by atoms with Crippen LogP contribution in [-0.4, -0.2) is 39.2 Å². The monoisotopic (exact) mass is 379 g/mol. The Morgan fingerprint density at radius 2 is 1.57 bits per heavy atom. The van der Waals surface area contributed by atoms with Gasteiger partial charge >= 0.3 is 11.9 Å². The smallest absolute Gasteiger partial charge is 0.343 e. The van der Waals surface area contributed by atoms with Crippen LogP contribution in [0.25, 0.3) is 0 Å². The minimum absolute atomic E-state index is 0.200. The highest BCUT2D eigenvalue weighted by molar-refractivity contribution is 6.14. The van der Waals surface area contributed by atoms with Crippen molar-refractivity contribution in [1.29, 1.82) is 0 Å². The van der Waals surface area contributed by atoms with Gasteiger partial charge in [0.2, 0.25) is 0 Å². The van der Waals surface area contributed by atoms with Gasteiger partial charge in [-0.2, -0.15) is 0 Å². The zero-order chi connectivity index (χ0) is 20.4. The maximum atomic E-state index is 12.4. The molecule has 2 rings (SSSR count). The SMILES string of the molecule is B[C@@H](C(=C)OC(=O)c1ccccc1)[C@H](C/C=N/OC)OC(=O)c1ccccc1. The van der Waals surface area contributed by atoms with Gasteiger partial charge in [0.05, 0.1) is 16.9 Å². The summed E-state index contributed by atoms with van der Waals surface area (Å²) in [6.45, 7) is 3.84. The fraction of sp³-hybridized carbons (Fsp3) is 0.190. The molecule has 0 spiro atoms. The molecule has 0 fully saturated rings. The molecular weight excluding hydrogens is 357 g/mol. The molecule has 2 atom stereocenters. The van der Waals surface area contributed by atoms with Crippen LogP contribution in [0.15, 0.2) is 78.2 Å². The van der Waals surface area contributed by atoms with Crippen LogP contribution >= 0.6 is 0 Å². The van der Waals surface area contributed by atoms with Crippen molar-refractivity contribution in [2.75, 3.05) is 7.11 Å². The molecule has 7 heteroatoms. The molecule has 0 N–H and O–H groups in total. The summed E-state index contributed by atoms with van der Waals surface area (Å²) in [6.07, 6.45) is 1.13. The van der Waals surface area contributed by atoms with Gasteiger partial charge in [0.15, 0.2) is 0 Å². The minimum Gasteiger partial charge on any atom is -0.458 e. The quantitative estimate of drug-likeness (QED) is 0.220. The molecule has 6 nitrogen and oxygen atoms in total. The van der Waals surface area contributed by atoms with E-state index in [9.17, 15) is 9.59 Å². The first kappa shape index (κ1) is 21.0. The van der Waals surface area contributed by atoms with E-state index in [1.165, 1.54) is 13.3 Å². The van der Waals surface area contributed by atoms with E-state index in [0.29, 0.717) is 11.1 Å². The first-order valence-corrected chi connectivity index (χ1v) is 8.80. The van der Waals surface area contributed by atoms with Crippen LogP contribution in [0.2, 0.25) is 5.82 Å². The molecule has 0 unspecified atom stereocenters. The lowest BCUT2D eigenvalue weighted by Gasteiger charge is -2.24. The Bertz CT molecular complexity index is 823. The normalized spacial score (nSPS) is 12.8. The van der Waals surface area contributed by atoms with Gasteiger partial charge in [-0.3, -0.25) is 0 Å². The van der Waals surface area contributed by atoms with Gasteiger partial charge in [-0.05, 0) is 24.3 Å². The molecule has 144 valence electrons. The standard InChI is InChI=1S/C21H22BNO5/c1-15(27-20(24)16-9-5-3-6-10-16)19(22)18(13-14-23-26-2)28-21(25)17-11-7-4-8-12-17/h3-12,14,18-19H,1,13,22H2,2H3/b23-14+/t18-,19-/m0/s1. The Hall–Kier alpha value is -3.35. The summed E-state index contributed by atoms with van der Waals surface area (Å²) >= 11 is 0. The van der Waals surface area contributed by atoms with Crippen LogP contribution in [0.5, 0.6) is 0 Å². The lowest BCUT2D eigenvalue weighted by atomic mass is 9.79. The average molecular weight is 379 g/mol. The highest BCUT2D eigenvalue weighted by Gasteiger charge is 2.26. The number of oxime groups is 1. The number of esters is 2. The summed E-state index contributed by atoms with van der Waals surface area (Å²) in [6, 6.07) is 17.2. The van der Waals surface area contributed by atoms with Crippen LogP contribution in [0.4, 0.5) is 0 Å². The molecule has 28 heavy (non-hydrogen) atoms. The van der Waals surface area contributed by atoms with Gasteiger partial charge in [-0.15, -0.1) is 0 Å². The number of ether oxygens (including phenoxy) is 2. The topological polar surface area (TPSA) is 74.2 Å². The largest absolute Gasteiger partial charge is 0.458 e. The lowest BCUT2D eigenvalue weighted by Crippen LogP contribution is -2.26. The third-order valence-electron chi connectivity index (χ3n) is 4.08. The van der Waals surface area contributed by atoms with Gasteiger partial charge < -0.3 is 14.3 Å². The van der Waals surface area contributed by atoms with Crippen LogP contribution in [0.3, 0.4) is 0 Å². The molecule has 0 aliphatic heterocycles. The molecule has 2 aromatic rings. The van der Waals surface area contributed by atoms with Crippen LogP contribution in [0.1, 0.15) is 27.1 Å². The van der Waals surface area contributed by atoms with Crippen molar-refractivity contribution in [3.63, 3.8) is 0 Å². The van der Waals surface area contributed by atoms with E-state index in [1.807, 2.05) is 12.1 Å². The van der Waals surface area contributed by atoms with Gasteiger partial charge in [-0.25, -0.2) is 9.59 Å². The summed E-state index contributed by atoms with van der Waals surface area (Å²) in [5, 5.41) is 3.69. The Morgan fingerprint density at radius 1 is 1.04 bits per heavy atom. The fourth-order valence-corrected chi connectivity index (χ4v) is 2.41. The number of carbonyl (C=O) groups excluding carboxylic acids is 2. The third-order valence-corrected chi connectivity index (χ3v) is 4.08. The van der Waals surface area contributed by atoms with Gasteiger partial charge in [0.1, 0.15) is 21.1 Å². The van der Waals surface area contributed by atoms with Crippen LogP contribution in [-0.2, 0) is 14.3 Å². The van der Waals surface area contributed by atoms with E-state index < -0.39 is 23.9 Å². The number of nitrogens with zero attached hydrogens (tertiary/aromatic N) is 1. The van der Waals surface area contributed by atoms with Crippen molar-refractivity contribution >= 4 is 26.0 Å². The van der Waals surface area contributed by atoms with E-state index in [-0.39, 0.29) is 12.2 Å². The summed E-state index contributed by atoms with van der Waals surface area (Å²) < 4.78 is 11.0.